The number of hydrogen-bond acceptors (Lipinski definition) is 2. The van der Waals surface area contributed by atoms with Gasteiger partial charge in [-0.3, -0.25) is 4.79 Å². The largest absolute Gasteiger partial charge is 0.478 e. The average molecular weight is 228 g/mol. The van der Waals surface area contributed by atoms with Gasteiger partial charge >= 0.3 is 5.97 Å². The van der Waals surface area contributed by atoms with E-state index in [9.17, 15) is 9.59 Å². The molecule has 0 saturated carbocycles. The highest BCUT2D eigenvalue weighted by molar-refractivity contribution is 6.01. The summed E-state index contributed by atoms with van der Waals surface area (Å²) in [7, 11) is 0. The molecule has 0 aromatic heterocycles. The van der Waals surface area contributed by atoms with Gasteiger partial charge in [-0.25, -0.2) is 4.79 Å². The van der Waals surface area contributed by atoms with E-state index < -0.39 is 5.97 Å². The minimum Gasteiger partial charge on any atom is -0.478 e. The smallest absolute Gasteiger partial charge is 0.336 e. The molecule has 0 aliphatic heterocycles. The van der Waals surface area contributed by atoms with Crippen LogP contribution in [-0.4, -0.2) is 16.9 Å². The second kappa shape index (κ2) is 4.01. The van der Waals surface area contributed by atoms with E-state index in [1.165, 1.54) is 6.92 Å². The van der Waals surface area contributed by atoms with Crippen molar-refractivity contribution in [3.8, 4) is 11.1 Å². The summed E-state index contributed by atoms with van der Waals surface area (Å²) in [6.45, 7) is 3.37. The lowest BCUT2D eigenvalue weighted by Gasteiger charge is -1.99. The maximum absolute atomic E-state index is 11.4. The van der Waals surface area contributed by atoms with Gasteiger partial charge in [0.2, 0.25) is 0 Å². The van der Waals surface area contributed by atoms with E-state index in [2.05, 4.69) is 0 Å². The molecule has 0 heterocycles. The van der Waals surface area contributed by atoms with Gasteiger partial charge in [-0.05, 0) is 42.7 Å². The molecule has 86 valence electrons. The van der Waals surface area contributed by atoms with E-state index in [0.717, 1.165) is 11.1 Å². The van der Waals surface area contributed by atoms with Gasteiger partial charge in [-0.15, -0.1) is 0 Å². The Morgan fingerprint density at radius 1 is 1.06 bits per heavy atom. The van der Waals surface area contributed by atoms with Crippen molar-refractivity contribution < 1.29 is 14.7 Å². The first-order valence-corrected chi connectivity index (χ1v) is 5.28. The van der Waals surface area contributed by atoms with Crippen LogP contribution in [0.3, 0.4) is 0 Å². The van der Waals surface area contributed by atoms with Crippen molar-refractivity contribution >= 4 is 11.8 Å². The third-order valence-electron chi connectivity index (χ3n) is 2.87. The fraction of sp³-hybridized carbons (Fsp3) is 0.143. The Hall–Kier alpha value is -2.16. The Morgan fingerprint density at radius 2 is 1.76 bits per heavy atom. The number of carbonyl (C=O) groups is 2. The lowest BCUT2D eigenvalue weighted by Crippen LogP contribution is -1.96. The molecule has 0 radical (unpaired) electrons. The van der Waals surface area contributed by atoms with E-state index in [0.29, 0.717) is 11.1 Å². The van der Waals surface area contributed by atoms with Gasteiger partial charge in [0.1, 0.15) is 0 Å². The van der Waals surface area contributed by atoms with Gasteiger partial charge in [-0.1, -0.05) is 18.2 Å². The molecular weight excluding hydrogens is 216 g/mol. The molecule has 2 aliphatic carbocycles. The molecule has 0 saturated heterocycles. The van der Waals surface area contributed by atoms with Gasteiger partial charge in [0.05, 0.1) is 5.56 Å². The number of rotatable bonds is 2. The first-order valence-electron chi connectivity index (χ1n) is 5.28. The van der Waals surface area contributed by atoms with Crippen molar-refractivity contribution in [2.45, 2.75) is 13.8 Å². The molecule has 3 nitrogen and oxygen atoms in total. The zero-order valence-corrected chi connectivity index (χ0v) is 9.65. The summed E-state index contributed by atoms with van der Waals surface area (Å²) < 4.78 is 0. The van der Waals surface area contributed by atoms with Gasteiger partial charge in [-0.2, -0.15) is 0 Å². The SMILES string of the molecule is CC(=O)c1ccc(C)c2ccc(C(=O)O)c-2c1. The molecule has 1 N–H and O–H groups in total. The van der Waals surface area contributed by atoms with Crippen LogP contribution in [0, 0.1) is 6.92 Å². The Labute approximate surface area is 99.0 Å². The number of aryl methyl sites for hydroxylation is 1. The van der Waals surface area contributed by atoms with Crippen molar-refractivity contribution in [3.63, 3.8) is 0 Å². The van der Waals surface area contributed by atoms with Gasteiger partial charge in [0.25, 0.3) is 0 Å². The van der Waals surface area contributed by atoms with Crippen LogP contribution in [-0.2, 0) is 0 Å². The first-order chi connectivity index (χ1) is 8.00. The van der Waals surface area contributed by atoms with E-state index in [-0.39, 0.29) is 11.3 Å². The molecule has 0 bridgehead atoms. The maximum atomic E-state index is 11.4. The molecule has 0 fully saturated rings. The van der Waals surface area contributed by atoms with Crippen molar-refractivity contribution in [2.24, 2.45) is 0 Å². The maximum Gasteiger partial charge on any atom is 0.336 e. The van der Waals surface area contributed by atoms with Crippen LogP contribution in [0.15, 0.2) is 30.3 Å². The number of carboxylic acid groups (broad SMARTS) is 1. The predicted octanol–water partition coefficient (Wildman–Crippen LogP) is 3.00. The zero-order valence-electron chi connectivity index (χ0n) is 9.65. The lowest BCUT2D eigenvalue weighted by atomic mass is 10.1. The first kappa shape index (κ1) is 11.3. The quantitative estimate of drug-likeness (QED) is 0.804. The molecule has 0 aromatic rings. The number of carbonyl (C=O) groups excluding carboxylic acids is 1. The van der Waals surface area contributed by atoms with Crippen LogP contribution >= 0.6 is 0 Å². The summed E-state index contributed by atoms with van der Waals surface area (Å²) in [4.78, 5) is 22.5. The highest BCUT2D eigenvalue weighted by atomic mass is 16.4. The summed E-state index contributed by atoms with van der Waals surface area (Å²) in [6.07, 6.45) is 0. The van der Waals surface area contributed by atoms with Gasteiger partial charge in [0, 0.05) is 5.56 Å². The van der Waals surface area contributed by atoms with Crippen molar-refractivity contribution in [1.82, 2.24) is 0 Å². The molecule has 0 atom stereocenters. The summed E-state index contributed by atoms with van der Waals surface area (Å²) in [5.74, 6) is -1.04. The summed E-state index contributed by atoms with van der Waals surface area (Å²) in [6, 6.07) is 8.56. The Balaban J connectivity index is 2.78. The molecule has 0 aromatic carbocycles. The van der Waals surface area contributed by atoms with Crippen LogP contribution < -0.4 is 0 Å². The minimum atomic E-state index is -0.972. The summed E-state index contributed by atoms with van der Waals surface area (Å²) in [5, 5.41) is 9.09. The second-order valence-corrected chi connectivity index (χ2v) is 4.05. The third kappa shape index (κ3) is 1.91. The summed E-state index contributed by atoms with van der Waals surface area (Å²) >= 11 is 0. The Kier molecular flexibility index (Phi) is 2.68. The lowest BCUT2D eigenvalue weighted by molar-refractivity contribution is 0.0698. The van der Waals surface area contributed by atoms with E-state index in [4.69, 9.17) is 5.11 Å². The van der Waals surface area contributed by atoms with Crippen molar-refractivity contribution in [2.75, 3.05) is 0 Å². The minimum absolute atomic E-state index is 0.0700. The molecular formula is C14H12O3. The molecule has 2 aliphatic rings. The fourth-order valence-electron chi connectivity index (χ4n) is 1.90. The van der Waals surface area contributed by atoms with Crippen molar-refractivity contribution in [1.29, 1.82) is 0 Å². The van der Waals surface area contributed by atoms with E-state index in [1.807, 2.05) is 13.0 Å². The number of hydrogen-bond donors (Lipinski definition) is 1. The third-order valence-corrected chi connectivity index (χ3v) is 2.87. The second-order valence-electron chi connectivity index (χ2n) is 4.05. The Morgan fingerprint density at radius 3 is 2.35 bits per heavy atom. The van der Waals surface area contributed by atoms with E-state index in [1.54, 1.807) is 24.3 Å². The topological polar surface area (TPSA) is 54.4 Å². The molecule has 0 amide bonds. The Bertz CT molecular complexity index is 584. The number of Topliss-reactive ketones (excluding diaryl/α,β-unsaturated/α-hetero) is 1. The predicted molar refractivity (Wildman–Crippen MR) is 64.8 cm³/mol. The number of ketones is 1. The molecule has 17 heavy (non-hydrogen) atoms. The molecule has 0 unspecified atom stereocenters. The van der Waals surface area contributed by atoms with Crippen LogP contribution in [0.25, 0.3) is 11.1 Å². The normalized spacial score (nSPS) is 10.5. The van der Waals surface area contributed by atoms with Crippen LogP contribution in [0.4, 0.5) is 0 Å². The number of fused-ring (bicyclic) bond motifs is 1. The van der Waals surface area contributed by atoms with Crippen LogP contribution in [0.1, 0.15) is 33.2 Å². The van der Waals surface area contributed by atoms with Crippen LogP contribution in [0.5, 0.6) is 0 Å². The molecule has 0 spiro atoms. The fourth-order valence-corrected chi connectivity index (χ4v) is 1.90. The highest BCUT2D eigenvalue weighted by Crippen LogP contribution is 2.31. The van der Waals surface area contributed by atoms with E-state index >= 15 is 0 Å². The zero-order chi connectivity index (χ0) is 12.6. The monoisotopic (exact) mass is 228 g/mol. The standard InChI is InChI=1S/C14H12O3/c1-8-3-4-10(9(2)15)7-13-11(8)5-6-12(13)14(16)17/h3-7H,1-2H3,(H,16,17). The van der Waals surface area contributed by atoms with Crippen molar-refractivity contribution in [3.05, 3.63) is 47.0 Å². The molecule has 2 rings (SSSR count). The summed E-state index contributed by atoms with van der Waals surface area (Å²) in [5.41, 5.74) is 3.21. The average Bonchev–Trinajstić information content (AvgIpc) is 2.60. The number of aromatic carboxylic acids is 1. The van der Waals surface area contributed by atoms with Crippen LogP contribution in [0.2, 0.25) is 0 Å². The number of carboxylic acids is 1. The van der Waals surface area contributed by atoms with Gasteiger partial charge in [0.15, 0.2) is 5.78 Å². The molecule has 3 heteroatoms. The van der Waals surface area contributed by atoms with Gasteiger partial charge < -0.3 is 5.11 Å². The highest BCUT2D eigenvalue weighted by Gasteiger charge is 2.16.